The van der Waals surface area contributed by atoms with Crippen molar-refractivity contribution < 1.29 is 0 Å². The average Bonchev–Trinajstić information content (AvgIpc) is 3.24. The minimum absolute atomic E-state index is 1.21. The molecule has 110 valence electrons. The smallest absolute Gasteiger partial charge is 0.0321 e. The van der Waals surface area contributed by atoms with E-state index in [0.717, 1.165) is 0 Å². The summed E-state index contributed by atoms with van der Waals surface area (Å²) >= 11 is 0. The second-order valence-electron chi connectivity index (χ2n) is 7.31. The van der Waals surface area contributed by atoms with Gasteiger partial charge in [0.2, 0.25) is 0 Å². The maximum absolute atomic E-state index is 2.00. The van der Waals surface area contributed by atoms with E-state index in [0.29, 0.717) is 0 Å². The summed E-state index contributed by atoms with van der Waals surface area (Å²) in [5.41, 5.74) is 0. The Hall–Kier alpha value is 0. The van der Waals surface area contributed by atoms with Gasteiger partial charge in [0.25, 0.3) is 0 Å². The lowest BCUT2D eigenvalue weighted by Crippen LogP contribution is -2.35. The zero-order valence-electron chi connectivity index (χ0n) is 13.6. The van der Waals surface area contributed by atoms with Crippen LogP contribution in [0.1, 0.15) is 72.6 Å². The highest BCUT2D eigenvalue weighted by Gasteiger charge is 2.65. The first-order valence-corrected chi connectivity index (χ1v) is 9.43. The molecule has 5 fully saturated rings. The molecule has 0 radical (unpaired) electrons. The Morgan fingerprint density at radius 3 is 1.47 bits per heavy atom. The van der Waals surface area contributed by atoms with Crippen molar-refractivity contribution in [1.82, 2.24) is 0 Å². The third kappa shape index (κ3) is 1.77. The Morgan fingerprint density at radius 1 is 0.526 bits per heavy atom. The summed E-state index contributed by atoms with van der Waals surface area (Å²) in [5.74, 6) is 9.78. The van der Waals surface area contributed by atoms with Gasteiger partial charge in [-0.3, -0.25) is 0 Å². The van der Waals surface area contributed by atoms with Gasteiger partial charge >= 0.3 is 0 Å². The quantitative estimate of drug-likeness (QED) is 0.486. The molecule has 0 nitrogen and oxygen atoms in total. The molecule has 0 aliphatic heterocycles. The van der Waals surface area contributed by atoms with Crippen LogP contribution >= 0.6 is 0 Å². The zero-order valence-corrected chi connectivity index (χ0v) is 13.6. The minimum Gasteiger partial charge on any atom is -0.0683 e. The maximum atomic E-state index is 2.00. The molecular formula is C19H34. The van der Waals surface area contributed by atoms with Gasteiger partial charge in [0, 0.05) is 0 Å². The summed E-state index contributed by atoms with van der Waals surface area (Å²) in [6.45, 7) is 8.00. The fourth-order valence-electron chi connectivity index (χ4n) is 7.28. The van der Waals surface area contributed by atoms with E-state index in [4.69, 9.17) is 0 Å². The monoisotopic (exact) mass is 262 g/mol. The molecule has 5 saturated carbocycles. The summed E-state index contributed by atoms with van der Waals surface area (Å²) in [6, 6.07) is 0. The van der Waals surface area contributed by atoms with Gasteiger partial charge in [-0.25, -0.2) is 0 Å². The molecule has 0 spiro atoms. The van der Waals surface area contributed by atoms with Crippen LogP contribution in [0.5, 0.6) is 0 Å². The summed E-state index contributed by atoms with van der Waals surface area (Å²) < 4.78 is 0. The van der Waals surface area contributed by atoms with Crippen LogP contribution in [0.25, 0.3) is 0 Å². The number of rotatable bonds is 0. The average molecular weight is 262 g/mol. The predicted molar refractivity (Wildman–Crippen MR) is 82.9 cm³/mol. The molecule has 0 aromatic carbocycles. The minimum atomic E-state index is 1.21. The second kappa shape index (κ2) is 5.41. The standard InChI is InChI=1S/C15H22.2C2H6/c1-2-10-11(3-1)13-7-12(10)14-8-4-5-9(6-8)15(13)14;2*1-2/h8-15H,1-7H2;2*1-2H3. The molecule has 0 N–H and O–H groups in total. The van der Waals surface area contributed by atoms with Gasteiger partial charge in [0.1, 0.15) is 0 Å². The number of fused-ring (bicyclic) bond motifs is 12. The van der Waals surface area contributed by atoms with Crippen LogP contribution < -0.4 is 0 Å². The van der Waals surface area contributed by atoms with Gasteiger partial charge in [-0.15, -0.1) is 0 Å². The topological polar surface area (TPSA) is 0 Å². The van der Waals surface area contributed by atoms with Gasteiger partial charge in [-0.05, 0) is 85.9 Å². The van der Waals surface area contributed by atoms with E-state index in [1.54, 1.807) is 44.9 Å². The molecule has 19 heavy (non-hydrogen) atoms. The van der Waals surface area contributed by atoms with Gasteiger partial charge in [-0.2, -0.15) is 0 Å². The molecule has 0 aromatic heterocycles. The van der Waals surface area contributed by atoms with E-state index in [-0.39, 0.29) is 0 Å². The van der Waals surface area contributed by atoms with E-state index in [1.165, 1.54) is 47.3 Å². The lowest BCUT2D eigenvalue weighted by Gasteiger charge is -2.40. The molecule has 4 bridgehead atoms. The molecule has 5 aliphatic rings. The Kier molecular flexibility index (Phi) is 3.98. The Bertz CT molecular complexity index is 279. The first kappa shape index (κ1) is 14.0. The Balaban J connectivity index is 0.000000256. The van der Waals surface area contributed by atoms with Crippen molar-refractivity contribution >= 4 is 0 Å². The molecule has 8 unspecified atom stereocenters. The molecule has 8 atom stereocenters. The van der Waals surface area contributed by atoms with Gasteiger partial charge < -0.3 is 0 Å². The fourth-order valence-corrected chi connectivity index (χ4v) is 7.28. The molecular weight excluding hydrogens is 228 g/mol. The number of hydrogen-bond acceptors (Lipinski definition) is 0. The first-order chi connectivity index (χ1) is 9.43. The Labute approximate surface area is 120 Å². The summed E-state index contributed by atoms with van der Waals surface area (Å²) in [4.78, 5) is 0. The van der Waals surface area contributed by atoms with Gasteiger partial charge in [-0.1, -0.05) is 34.1 Å². The normalized spacial score (nSPS) is 54.9. The molecule has 0 amide bonds. The lowest BCUT2D eigenvalue weighted by molar-refractivity contribution is 0.0716. The fraction of sp³-hybridized carbons (Fsp3) is 1.00. The van der Waals surface area contributed by atoms with E-state index >= 15 is 0 Å². The maximum Gasteiger partial charge on any atom is -0.0321 e. The second-order valence-corrected chi connectivity index (χ2v) is 7.31. The van der Waals surface area contributed by atoms with Crippen LogP contribution in [0, 0.1) is 47.3 Å². The van der Waals surface area contributed by atoms with E-state index in [1.807, 2.05) is 27.7 Å². The molecule has 0 heterocycles. The third-order valence-corrected chi connectivity index (χ3v) is 7.30. The third-order valence-electron chi connectivity index (χ3n) is 7.30. The van der Waals surface area contributed by atoms with E-state index < -0.39 is 0 Å². The number of hydrogen-bond donors (Lipinski definition) is 0. The van der Waals surface area contributed by atoms with Crippen LogP contribution in [0.4, 0.5) is 0 Å². The van der Waals surface area contributed by atoms with E-state index in [9.17, 15) is 0 Å². The van der Waals surface area contributed by atoms with Crippen LogP contribution in [0.2, 0.25) is 0 Å². The molecule has 0 saturated heterocycles. The summed E-state index contributed by atoms with van der Waals surface area (Å²) in [6.07, 6.45) is 11.4. The first-order valence-electron chi connectivity index (χ1n) is 9.43. The van der Waals surface area contributed by atoms with E-state index in [2.05, 4.69) is 0 Å². The van der Waals surface area contributed by atoms with Crippen molar-refractivity contribution in [3.63, 3.8) is 0 Å². The van der Waals surface area contributed by atoms with Crippen LogP contribution in [0.3, 0.4) is 0 Å². The van der Waals surface area contributed by atoms with Gasteiger partial charge in [0.15, 0.2) is 0 Å². The summed E-state index contributed by atoms with van der Waals surface area (Å²) in [7, 11) is 0. The van der Waals surface area contributed by atoms with Gasteiger partial charge in [0.05, 0.1) is 0 Å². The molecule has 0 aromatic rings. The van der Waals surface area contributed by atoms with Crippen LogP contribution in [-0.2, 0) is 0 Å². The van der Waals surface area contributed by atoms with Crippen LogP contribution in [0.15, 0.2) is 0 Å². The van der Waals surface area contributed by atoms with Crippen molar-refractivity contribution in [2.45, 2.75) is 72.6 Å². The molecule has 5 aliphatic carbocycles. The van der Waals surface area contributed by atoms with Crippen molar-refractivity contribution in [3.8, 4) is 0 Å². The van der Waals surface area contributed by atoms with Crippen molar-refractivity contribution in [1.29, 1.82) is 0 Å². The van der Waals surface area contributed by atoms with Crippen LogP contribution in [-0.4, -0.2) is 0 Å². The largest absolute Gasteiger partial charge is 0.0683 e. The molecule has 0 heteroatoms. The van der Waals surface area contributed by atoms with Crippen molar-refractivity contribution in [2.75, 3.05) is 0 Å². The predicted octanol–water partition coefficient (Wildman–Crippen LogP) is 5.77. The van der Waals surface area contributed by atoms with Crippen molar-refractivity contribution in [2.24, 2.45) is 47.3 Å². The zero-order chi connectivity index (χ0) is 13.6. The van der Waals surface area contributed by atoms with Crippen molar-refractivity contribution in [3.05, 3.63) is 0 Å². The highest BCUT2D eigenvalue weighted by Crippen LogP contribution is 2.72. The Morgan fingerprint density at radius 2 is 1.00 bits per heavy atom. The highest BCUT2D eigenvalue weighted by atomic mass is 14.7. The SMILES string of the molecule is C1CC2C(C1)C1CC2C2C3CCC(C3)C12.CC.CC. The lowest BCUT2D eigenvalue weighted by atomic mass is 9.64. The molecule has 5 rings (SSSR count). The highest BCUT2D eigenvalue weighted by molar-refractivity contribution is 5.14. The summed E-state index contributed by atoms with van der Waals surface area (Å²) in [5, 5.41) is 0.